The van der Waals surface area contributed by atoms with E-state index in [0.29, 0.717) is 5.92 Å². The maximum absolute atomic E-state index is 13.8. The zero-order valence-electron chi connectivity index (χ0n) is 16.2. The number of carboxylic acids is 1. The Balaban J connectivity index is 1.37. The summed E-state index contributed by atoms with van der Waals surface area (Å²) in [5.41, 5.74) is 0.154. The third-order valence-electron chi connectivity index (χ3n) is 6.76. The van der Waals surface area contributed by atoms with Gasteiger partial charge in [-0.25, -0.2) is 4.39 Å². The van der Waals surface area contributed by atoms with E-state index in [1.54, 1.807) is 6.07 Å². The van der Waals surface area contributed by atoms with E-state index in [4.69, 9.17) is 0 Å². The van der Waals surface area contributed by atoms with E-state index in [0.717, 1.165) is 50.6 Å². The van der Waals surface area contributed by atoms with Crippen molar-refractivity contribution in [3.05, 3.63) is 35.6 Å². The molecule has 3 aliphatic carbocycles. The number of rotatable bonds is 8. The number of hydrogen-bond acceptors (Lipinski definition) is 3. The van der Waals surface area contributed by atoms with Crippen LogP contribution in [0.4, 0.5) is 4.39 Å². The number of carboxylic acid groups (broad SMARTS) is 1. The molecule has 5 nitrogen and oxygen atoms in total. The highest BCUT2D eigenvalue weighted by Crippen LogP contribution is 2.42. The van der Waals surface area contributed by atoms with Crippen molar-refractivity contribution < 1.29 is 19.1 Å². The van der Waals surface area contributed by atoms with Gasteiger partial charge >= 0.3 is 5.97 Å². The molecule has 0 heterocycles. The first-order chi connectivity index (χ1) is 13.5. The quantitative estimate of drug-likeness (QED) is 0.718. The van der Waals surface area contributed by atoms with Crippen LogP contribution in [0.25, 0.3) is 0 Å². The molecular formula is C22H29FN2O3. The highest BCUT2D eigenvalue weighted by molar-refractivity contribution is 5.89. The van der Waals surface area contributed by atoms with Crippen LogP contribution in [0.15, 0.2) is 24.3 Å². The SMILES string of the molecule is O=C(O)CN(CC1CC1)C1CC(NC(=O)C2(c3cccc(F)c3)CCCC2)C1. The Morgan fingerprint density at radius 2 is 1.93 bits per heavy atom. The molecular weight excluding hydrogens is 359 g/mol. The number of nitrogens with one attached hydrogen (secondary N) is 1. The molecule has 4 rings (SSSR count). The Kier molecular flexibility index (Phi) is 5.41. The molecule has 0 aliphatic heterocycles. The molecule has 152 valence electrons. The van der Waals surface area contributed by atoms with Crippen molar-refractivity contribution in [3.8, 4) is 0 Å². The van der Waals surface area contributed by atoms with Gasteiger partial charge < -0.3 is 10.4 Å². The van der Waals surface area contributed by atoms with Gasteiger partial charge in [-0.05, 0) is 62.1 Å². The number of hydrogen-bond donors (Lipinski definition) is 2. The van der Waals surface area contributed by atoms with E-state index >= 15 is 0 Å². The monoisotopic (exact) mass is 388 g/mol. The van der Waals surface area contributed by atoms with E-state index in [2.05, 4.69) is 10.2 Å². The number of amides is 1. The van der Waals surface area contributed by atoms with Crippen molar-refractivity contribution in [1.29, 1.82) is 0 Å². The van der Waals surface area contributed by atoms with Gasteiger partial charge in [0.1, 0.15) is 5.82 Å². The molecule has 1 aromatic rings. The van der Waals surface area contributed by atoms with E-state index < -0.39 is 11.4 Å². The molecule has 28 heavy (non-hydrogen) atoms. The molecule has 3 fully saturated rings. The van der Waals surface area contributed by atoms with E-state index in [-0.39, 0.29) is 30.4 Å². The van der Waals surface area contributed by atoms with Crippen molar-refractivity contribution >= 4 is 11.9 Å². The summed E-state index contributed by atoms with van der Waals surface area (Å²) in [6, 6.07) is 6.77. The fraction of sp³-hybridized carbons (Fsp3) is 0.636. The zero-order chi connectivity index (χ0) is 19.7. The maximum atomic E-state index is 13.8. The lowest BCUT2D eigenvalue weighted by atomic mass is 9.76. The average Bonchev–Trinajstić information content (AvgIpc) is 3.28. The number of carbonyl (C=O) groups excluding carboxylic acids is 1. The Morgan fingerprint density at radius 1 is 1.21 bits per heavy atom. The van der Waals surface area contributed by atoms with Crippen LogP contribution < -0.4 is 5.32 Å². The van der Waals surface area contributed by atoms with Crippen LogP contribution in [-0.2, 0) is 15.0 Å². The van der Waals surface area contributed by atoms with Gasteiger partial charge in [0.25, 0.3) is 0 Å². The van der Waals surface area contributed by atoms with Crippen molar-refractivity contribution in [3.63, 3.8) is 0 Å². The second kappa shape index (κ2) is 7.82. The van der Waals surface area contributed by atoms with E-state index in [1.807, 2.05) is 6.07 Å². The molecule has 6 heteroatoms. The van der Waals surface area contributed by atoms with Crippen molar-refractivity contribution in [2.45, 2.75) is 68.9 Å². The molecule has 1 amide bonds. The first kappa shape index (κ1) is 19.4. The molecule has 0 bridgehead atoms. The Bertz CT molecular complexity index is 737. The Hall–Kier alpha value is -1.95. The molecule has 0 spiro atoms. The summed E-state index contributed by atoms with van der Waals surface area (Å²) in [6.45, 7) is 0.930. The highest BCUT2D eigenvalue weighted by atomic mass is 19.1. The number of nitrogens with zero attached hydrogens (tertiary/aromatic N) is 1. The van der Waals surface area contributed by atoms with Gasteiger partial charge in [0.05, 0.1) is 12.0 Å². The van der Waals surface area contributed by atoms with Gasteiger partial charge in [0, 0.05) is 18.6 Å². The molecule has 1 aromatic carbocycles. The Labute approximate surface area is 165 Å². The summed E-state index contributed by atoms with van der Waals surface area (Å²) in [7, 11) is 0. The van der Waals surface area contributed by atoms with Crippen LogP contribution in [-0.4, -0.2) is 47.1 Å². The fourth-order valence-electron chi connectivity index (χ4n) is 4.89. The lowest BCUT2D eigenvalue weighted by Gasteiger charge is -2.44. The van der Waals surface area contributed by atoms with Crippen LogP contribution in [0, 0.1) is 11.7 Å². The number of halogens is 1. The van der Waals surface area contributed by atoms with Crippen molar-refractivity contribution in [1.82, 2.24) is 10.2 Å². The first-order valence-electron chi connectivity index (χ1n) is 10.5. The van der Waals surface area contributed by atoms with Crippen LogP contribution in [0.2, 0.25) is 0 Å². The minimum absolute atomic E-state index is 0.00558. The van der Waals surface area contributed by atoms with Crippen molar-refractivity contribution in [2.24, 2.45) is 5.92 Å². The summed E-state index contributed by atoms with van der Waals surface area (Å²) in [4.78, 5) is 26.4. The van der Waals surface area contributed by atoms with Crippen LogP contribution in [0.1, 0.15) is 56.9 Å². The van der Waals surface area contributed by atoms with Gasteiger partial charge in [-0.2, -0.15) is 0 Å². The molecule has 0 aromatic heterocycles. The third-order valence-corrected chi connectivity index (χ3v) is 6.76. The predicted molar refractivity (Wildman–Crippen MR) is 103 cm³/mol. The molecule has 2 N–H and O–H groups in total. The van der Waals surface area contributed by atoms with Crippen molar-refractivity contribution in [2.75, 3.05) is 13.1 Å². The molecule has 3 saturated carbocycles. The van der Waals surface area contributed by atoms with Gasteiger partial charge in [-0.1, -0.05) is 25.0 Å². The predicted octanol–water partition coefficient (Wildman–Crippen LogP) is 3.08. The van der Waals surface area contributed by atoms with Gasteiger partial charge in [-0.15, -0.1) is 0 Å². The highest BCUT2D eigenvalue weighted by Gasteiger charge is 2.45. The second-order valence-electron chi connectivity index (χ2n) is 8.86. The second-order valence-corrected chi connectivity index (χ2v) is 8.86. The average molecular weight is 388 g/mol. The molecule has 0 atom stereocenters. The largest absolute Gasteiger partial charge is 0.480 e. The van der Waals surface area contributed by atoms with Gasteiger partial charge in [0.15, 0.2) is 0 Å². The number of benzene rings is 1. The topological polar surface area (TPSA) is 69.6 Å². The summed E-state index contributed by atoms with van der Waals surface area (Å²) in [5.74, 6) is -0.442. The van der Waals surface area contributed by atoms with Gasteiger partial charge in [-0.3, -0.25) is 14.5 Å². The number of aliphatic carboxylic acids is 1. The molecule has 3 aliphatic rings. The van der Waals surface area contributed by atoms with Crippen LogP contribution in [0.3, 0.4) is 0 Å². The minimum Gasteiger partial charge on any atom is -0.480 e. The van der Waals surface area contributed by atoms with Crippen LogP contribution >= 0.6 is 0 Å². The van der Waals surface area contributed by atoms with E-state index in [1.165, 1.54) is 25.0 Å². The zero-order valence-corrected chi connectivity index (χ0v) is 16.2. The maximum Gasteiger partial charge on any atom is 0.317 e. The third kappa shape index (κ3) is 4.07. The van der Waals surface area contributed by atoms with E-state index in [9.17, 15) is 19.1 Å². The molecule has 0 radical (unpaired) electrons. The molecule has 0 saturated heterocycles. The minimum atomic E-state index is -0.788. The summed E-state index contributed by atoms with van der Waals surface area (Å²) >= 11 is 0. The lowest BCUT2D eigenvalue weighted by Crippen LogP contribution is -2.57. The number of carbonyl (C=O) groups is 2. The normalized spacial score (nSPS) is 26.1. The first-order valence-corrected chi connectivity index (χ1v) is 10.5. The standard InChI is InChI=1S/C22H29FN2O3/c23-17-5-3-4-16(10-17)22(8-1-2-9-22)21(28)24-18-11-19(12-18)25(14-20(26)27)13-15-6-7-15/h3-5,10,15,18-19H,1-2,6-9,11-14H2,(H,24,28)(H,26,27). The lowest BCUT2D eigenvalue weighted by molar-refractivity contribution is -0.140. The Morgan fingerprint density at radius 3 is 2.54 bits per heavy atom. The summed E-state index contributed by atoms with van der Waals surface area (Å²) < 4.78 is 13.8. The summed E-state index contributed by atoms with van der Waals surface area (Å²) in [6.07, 6.45) is 7.45. The molecule has 0 unspecified atom stereocenters. The van der Waals surface area contributed by atoms with Gasteiger partial charge in [0.2, 0.25) is 5.91 Å². The smallest absolute Gasteiger partial charge is 0.317 e. The fourth-order valence-corrected chi connectivity index (χ4v) is 4.89. The van der Waals surface area contributed by atoms with Crippen LogP contribution in [0.5, 0.6) is 0 Å². The summed E-state index contributed by atoms with van der Waals surface area (Å²) in [5, 5.41) is 12.4.